The third-order valence-corrected chi connectivity index (χ3v) is 7.76. The highest BCUT2D eigenvalue weighted by atomic mass is 35.5. The number of hydrogen-bond donors (Lipinski definition) is 0. The van der Waals surface area contributed by atoms with Crippen LogP contribution in [-0.2, 0) is 9.84 Å². The van der Waals surface area contributed by atoms with E-state index in [1.807, 2.05) is 0 Å². The molecule has 4 aromatic carbocycles. The van der Waals surface area contributed by atoms with Crippen LogP contribution in [0.5, 0.6) is 0 Å². The summed E-state index contributed by atoms with van der Waals surface area (Å²) in [7, 11) is -3.93. The molecule has 0 aliphatic rings. The molecule has 156 valence electrons. The van der Waals surface area contributed by atoms with E-state index in [1.165, 1.54) is 0 Å². The minimum Gasteiger partial charge on any atom is -0.218 e. The Morgan fingerprint density at radius 3 is 1.26 bits per heavy atom. The maximum Gasteiger partial charge on any atom is 0.207 e. The van der Waals surface area contributed by atoms with Gasteiger partial charge in [0.15, 0.2) is 0 Å². The molecule has 4 rings (SSSR count). The summed E-state index contributed by atoms with van der Waals surface area (Å²) in [5, 5.41) is 1.67. The van der Waals surface area contributed by atoms with Crippen LogP contribution in [-0.4, -0.2) is 8.42 Å². The number of sulfone groups is 1. The third-order valence-electron chi connectivity index (χ3n) is 4.80. The molecular weight excluding hydrogens is 494 g/mol. The molecule has 0 aromatic heterocycles. The zero-order valence-corrected chi connectivity index (χ0v) is 19.7. The Morgan fingerprint density at radius 1 is 0.484 bits per heavy atom. The molecule has 0 saturated carbocycles. The van der Waals surface area contributed by atoms with Gasteiger partial charge in [-0.05, 0) is 36.4 Å². The Bertz CT molecular complexity index is 1300. The predicted molar refractivity (Wildman–Crippen MR) is 129 cm³/mol. The second-order valence-corrected chi connectivity index (χ2v) is 10.3. The van der Waals surface area contributed by atoms with Crippen LogP contribution < -0.4 is 0 Å². The lowest BCUT2D eigenvalue weighted by molar-refractivity contribution is 0.596. The van der Waals surface area contributed by atoms with E-state index in [9.17, 15) is 8.42 Å². The molecule has 7 heteroatoms. The van der Waals surface area contributed by atoms with Gasteiger partial charge in [-0.25, -0.2) is 8.42 Å². The Morgan fingerprint density at radius 2 is 0.871 bits per heavy atom. The SMILES string of the molecule is O=S(=O)(c1ccccc1-c1ccc(Cl)cc1Cl)c1ccccc1-c1ccc(Cl)cc1Cl. The Balaban J connectivity index is 1.95. The minimum absolute atomic E-state index is 0.136. The van der Waals surface area contributed by atoms with Gasteiger partial charge in [0, 0.05) is 42.3 Å². The normalized spacial score (nSPS) is 11.5. The molecule has 0 fully saturated rings. The Labute approximate surface area is 200 Å². The fraction of sp³-hybridized carbons (Fsp3) is 0. The smallest absolute Gasteiger partial charge is 0.207 e. The maximum absolute atomic E-state index is 13.8. The maximum atomic E-state index is 13.8. The van der Waals surface area contributed by atoms with Crippen molar-refractivity contribution < 1.29 is 8.42 Å². The summed E-state index contributed by atoms with van der Waals surface area (Å²) in [5.41, 5.74) is 2.13. The molecule has 0 unspecified atom stereocenters. The van der Waals surface area contributed by atoms with Crippen LogP contribution in [0.4, 0.5) is 0 Å². The van der Waals surface area contributed by atoms with Gasteiger partial charge in [-0.1, -0.05) is 94.9 Å². The van der Waals surface area contributed by atoms with Crippen molar-refractivity contribution >= 4 is 56.2 Å². The third kappa shape index (κ3) is 4.34. The van der Waals surface area contributed by atoms with Gasteiger partial charge in [-0.3, -0.25) is 0 Å². The quantitative estimate of drug-likeness (QED) is 0.277. The molecule has 4 aromatic rings. The standard InChI is InChI=1S/C24H14Cl4O2S/c25-15-9-11-17(21(27)13-15)19-5-1-3-7-23(19)31(29,30)24-8-4-2-6-20(24)18-12-10-16(26)14-22(18)28/h1-14H. The Hall–Kier alpha value is -2.01. The molecule has 0 saturated heterocycles. The van der Waals surface area contributed by atoms with Gasteiger partial charge >= 0.3 is 0 Å². The van der Waals surface area contributed by atoms with Crippen molar-refractivity contribution in [3.63, 3.8) is 0 Å². The molecule has 0 aliphatic heterocycles. The monoisotopic (exact) mass is 506 g/mol. The number of halogens is 4. The summed E-state index contributed by atoms with van der Waals surface area (Å²) in [5.74, 6) is 0. The van der Waals surface area contributed by atoms with E-state index in [0.717, 1.165) is 0 Å². The van der Waals surface area contributed by atoms with Gasteiger partial charge in [0.2, 0.25) is 9.84 Å². The average Bonchev–Trinajstić information content (AvgIpc) is 2.74. The van der Waals surface area contributed by atoms with Crippen molar-refractivity contribution in [3.8, 4) is 22.3 Å². The van der Waals surface area contributed by atoms with Crippen molar-refractivity contribution in [1.29, 1.82) is 0 Å². The van der Waals surface area contributed by atoms with Gasteiger partial charge in [0.05, 0.1) is 9.79 Å². The van der Waals surface area contributed by atoms with Crippen LogP contribution in [0.25, 0.3) is 22.3 Å². The first-order valence-electron chi connectivity index (χ1n) is 9.13. The molecule has 0 radical (unpaired) electrons. The zero-order valence-electron chi connectivity index (χ0n) is 15.8. The summed E-state index contributed by atoms with van der Waals surface area (Å²) in [4.78, 5) is 0.272. The van der Waals surface area contributed by atoms with Gasteiger partial charge < -0.3 is 0 Å². The van der Waals surface area contributed by atoms with Gasteiger partial charge in [0.1, 0.15) is 0 Å². The summed E-state index contributed by atoms with van der Waals surface area (Å²) in [6.45, 7) is 0. The first-order valence-corrected chi connectivity index (χ1v) is 12.1. The van der Waals surface area contributed by atoms with Crippen LogP contribution in [0.2, 0.25) is 20.1 Å². The van der Waals surface area contributed by atoms with Gasteiger partial charge in [0.25, 0.3) is 0 Å². The fourth-order valence-electron chi connectivity index (χ4n) is 3.38. The molecule has 0 aliphatic carbocycles. The molecule has 0 bridgehead atoms. The first kappa shape index (κ1) is 22.2. The highest BCUT2D eigenvalue weighted by Crippen LogP contribution is 2.40. The summed E-state index contributed by atoms with van der Waals surface area (Å²) < 4.78 is 27.7. The van der Waals surface area contributed by atoms with E-state index in [2.05, 4.69) is 0 Å². The Kier molecular flexibility index (Phi) is 6.34. The largest absolute Gasteiger partial charge is 0.218 e. The number of benzene rings is 4. The van der Waals surface area contributed by atoms with E-state index >= 15 is 0 Å². The molecule has 0 N–H and O–H groups in total. The van der Waals surface area contributed by atoms with E-state index in [1.54, 1.807) is 84.9 Å². The van der Waals surface area contributed by atoms with Crippen LogP contribution in [0.3, 0.4) is 0 Å². The van der Waals surface area contributed by atoms with Gasteiger partial charge in [-0.15, -0.1) is 0 Å². The average molecular weight is 508 g/mol. The predicted octanol–water partition coefficient (Wildman–Crippen LogP) is 8.47. The van der Waals surface area contributed by atoms with Crippen LogP contribution in [0.15, 0.2) is 94.7 Å². The van der Waals surface area contributed by atoms with Crippen LogP contribution in [0, 0.1) is 0 Å². The van der Waals surface area contributed by atoms with Crippen molar-refractivity contribution in [2.75, 3.05) is 0 Å². The topological polar surface area (TPSA) is 34.1 Å². The number of rotatable bonds is 4. The second kappa shape index (κ2) is 8.85. The summed E-state index contributed by atoms with van der Waals surface area (Å²) in [6.07, 6.45) is 0. The molecule has 0 atom stereocenters. The number of hydrogen-bond acceptors (Lipinski definition) is 2. The van der Waals surface area contributed by atoms with Crippen molar-refractivity contribution in [1.82, 2.24) is 0 Å². The zero-order chi connectivity index (χ0) is 22.2. The van der Waals surface area contributed by atoms with E-state index in [4.69, 9.17) is 46.4 Å². The lowest BCUT2D eigenvalue weighted by Crippen LogP contribution is -2.06. The minimum atomic E-state index is -3.93. The van der Waals surface area contributed by atoms with E-state index < -0.39 is 9.84 Å². The van der Waals surface area contributed by atoms with E-state index in [0.29, 0.717) is 42.3 Å². The second-order valence-electron chi connectivity index (χ2n) is 6.74. The van der Waals surface area contributed by atoms with Crippen molar-refractivity contribution in [2.45, 2.75) is 9.79 Å². The molecule has 0 spiro atoms. The van der Waals surface area contributed by atoms with Gasteiger partial charge in [-0.2, -0.15) is 0 Å². The summed E-state index contributed by atoms with van der Waals surface area (Å²) >= 11 is 24.8. The lowest BCUT2D eigenvalue weighted by Gasteiger charge is -2.15. The first-order chi connectivity index (χ1) is 14.8. The molecule has 0 amide bonds. The van der Waals surface area contributed by atoms with Crippen LogP contribution in [0.1, 0.15) is 0 Å². The lowest BCUT2D eigenvalue weighted by atomic mass is 10.1. The van der Waals surface area contributed by atoms with E-state index in [-0.39, 0.29) is 9.79 Å². The molecular formula is C24H14Cl4O2S. The summed E-state index contributed by atoms with van der Waals surface area (Å²) in [6, 6.07) is 23.4. The molecule has 31 heavy (non-hydrogen) atoms. The highest BCUT2D eigenvalue weighted by molar-refractivity contribution is 7.91. The molecule has 0 heterocycles. The van der Waals surface area contributed by atoms with Crippen molar-refractivity contribution in [2.24, 2.45) is 0 Å². The van der Waals surface area contributed by atoms with Crippen molar-refractivity contribution in [3.05, 3.63) is 105 Å². The fourth-order valence-corrected chi connectivity index (χ4v) is 6.09. The molecule has 2 nitrogen and oxygen atoms in total. The highest BCUT2D eigenvalue weighted by Gasteiger charge is 2.26. The van der Waals surface area contributed by atoms with Crippen LogP contribution >= 0.6 is 46.4 Å².